The number of rotatable bonds is 3. The van der Waals surface area contributed by atoms with Gasteiger partial charge in [-0.3, -0.25) is 4.79 Å². The van der Waals surface area contributed by atoms with Crippen molar-refractivity contribution in [2.45, 2.75) is 0 Å². The van der Waals surface area contributed by atoms with Crippen molar-refractivity contribution >= 4 is 68.2 Å². The minimum Gasteiger partial charge on any atom is -0.465 e. The fraction of sp³-hybridized carbons (Fsp3) is 0.0556. The van der Waals surface area contributed by atoms with Gasteiger partial charge in [0, 0.05) is 9.13 Å². The summed E-state index contributed by atoms with van der Waals surface area (Å²) in [5, 5.41) is 1.01. The van der Waals surface area contributed by atoms with Crippen LogP contribution in [0.4, 0.5) is 0 Å². The molecule has 0 spiro atoms. The topological polar surface area (TPSA) is 55.7 Å². The van der Waals surface area contributed by atoms with Crippen molar-refractivity contribution in [2.75, 3.05) is 7.11 Å². The van der Waals surface area contributed by atoms with Gasteiger partial charge in [0.25, 0.3) is 0 Å². The van der Waals surface area contributed by atoms with E-state index in [-0.39, 0.29) is 5.12 Å². The van der Waals surface area contributed by atoms with Gasteiger partial charge in [0.1, 0.15) is 10.7 Å². The Hall–Kier alpha value is -1.64. The molecule has 0 fully saturated rings. The van der Waals surface area contributed by atoms with Gasteiger partial charge in [-0.2, -0.15) is 0 Å². The zero-order valence-electron chi connectivity index (χ0n) is 13.0. The molecule has 0 saturated heterocycles. The Morgan fingerprint density at radius 3 is 2.64 bits per heavy atom. The standard InChI is InChI=1S/C18H11ClINO3S/c1-24-17(22)11-4-2-10(3-5-11)8-15-18(23)25-16(21-15)13-9-12(20)6-7-14(13)19/h2-9H,1H3/b15-8-. The predicted molar refractivity (Wildman–Crippen MR) is 109 cm³/mol. The summed E-state index contributed by atoms with van der Waals surface area (Å²) in [4.78, 5) is 28.1. The van der Waals surface area contributed by atoms with Crippen molar-refractivity contribution in [3.63, 3.8) is 0 Å². The molecule has 7 heteroatoms. The van der Waals surface area contributed by atoms with Crippen LogP contribution in [0.3, 0.4) is 0 Å². The number of carbonyl (C=O) groups excluding carboxylic acids is 2. The molecule has 0 N–H and O–H groups in total. The molecule has 0 aliphatic carbocycles. The number of carbonyl (C=O) groups is 2. The van der Waals surface area contributed by atoms with Crippen molar-refractivity contribution in [1.29, 1.82) is 0 Å². The summed E-state index contributed by atoms with van der Waals surface area (Å²) in [7, 11) is 1.33. The molecule has 0 bridgehead atoms. The quantitative estimate of drug-likeness (QED) is 0.358. The summed E-state index contributed by atoms with van der Waals surface area (Å²) in [5.41, 5.74) is 2.32. The highest BCUT2D eigenvalue weighted by molar-refractivity contribution is 14.1. The third kappa shape index (κ3) is 4.13. The van der Waals surface area contributed by atoms with E-state index in [9.17, 15) is 9.59 Å². The van der Waals surface area contributed by atoms with E-state index in [4.69, 9.17) is 11.6 Å². The molecule has 25 heavy (non-hydrogen) atoms. The van der Waals surface area contributed by atoms with Gasteiger partial charge in [-0.15, -0.1) is 0 Å². The Morgan fingerprint density at radius 2 is 1.96 bits per heavy atom. The van der Waals surface area contributed by atoms with Crippen LogP contribution in [0.5, 0.6) is 0 Å². The van der Waals surface area contributed by atoms with Gasteiger partial charge in [-0.25, -0.2) is 9.79 Å². The molecule has 126 valence electrons. The Labute approximate surface area is 167 Å². The zero-order chi connectivity index (χ0) is 18.0. The van der Waals surface area contributed by atoms with Gasteiger partial charge in [-0.1, -0.05) is 23.7 Å². The number of nitrogens with zero attached hydrogens (tertiary/aromatic N) is 1. The van der Waals surface area contributed by atoms with Crippen LogP contribution in [0.15, 0.2) is 53.2 Å². The molecule has 4 nitrogen and oxygen atoms in total. The van der Waals surface area contributed by atoms with Crippen LogP contribution in [0.2, 0.25) is 5.02 Å². The van der Waals surface area contributed by atoms with Crippen molar-refractivity contribution in [3.05, 3.63) is 73.4 Å². The molecule has 1 heterocycles. The van der Waals surface area contributed by atoms with Gasteiger partial charge in [0.15, 0.2) is 0 Å². The molecule has 0 amide bonds. The molecule has 0 saturated carbocycles. The van der Waals surface area contributed by atoms with E-state index >= 15 is 0 Å². The summed E-state index contributed by atoms with van der Waals surface area (Å²) in [5.74, 6) is -0.402. The lowest BCUT2D eigenvalue weighted by molar-refractivity contribution is -0.107. The van der Waals surface area contributed by atoms with Crippen molar-refractivity contribution in [1.82, 2.24) is 0 Å². The molecule has 1 aliphatic rings. The van der Waals surface area contributed by atoms with Crippen LogP contribution in [-0.4, -0.2) is 23.2 Å². The summed E-state index contributed by atoms with van der Waals surface area (Å²) in [6, 6.07) is 12.4. The normalized spacial score (nSPS) is 15.4. The van der Waals surface area contributed by atoms with E-state index in [1.165, 1.54) is 7.11 Å². The largest absolute Gasteiger partial charge is 0.465 e. The zero-order valence-corrected chi connectivity index (χ0v) is 16.7. The number of halogens is 2. The number of esters is 1. The van der Waals surface area contributed by atoms with Crippen LogP contribution in [0.25, 0.3) is 6.08 Å². The monoisotopic (exact) mass is 483 g/mol. The van der Waals surface area contributed by atoms with E-state index in [0.29, 0.717) is 21.3 Å². The van der Waals surface area contributed by atoms with Crippen LogP contribution in [0.1, 0.15) is 21.5 Å². The summed E-state index contributed by atoms with van der Waals surface area (Å²) >= 11 is 9.47. The smallest absolute Gasteiger partial charge is 0.337 e. The van der Waals surface area contributed by atoms with E-state index < -0.39 is 5.97 Å². The summed E-state index contributed by atoms with van der Waals surface area (Å²) < 4.78 is 5.68. The maximum absolute atomic E-state index is 12.2. The summed E-state index contributed by atoms with van der Waals surface area (Å²) in [6.45, 7) is 0. The van der Waals surface area contributed by atoms with Crippen LogP contribution in [0, 0.1) is 3.57 Å². The number of benzene rings is 2. The lowest BCUT2D eigenvalue weighted by Gasteiger charge is -2.02. The highest BCUT2D eigenvalue weighted by atomic mass is 127. The first-order chi connectivity index (χ1) is 12.0. The van der Waals surface area contributed by atoms with Gasteiger partial charge < -0.3 is 4.74 Å². The second-order valence-corrected chi connectivity index (χ2v) is 7.69. The molecule has 2 aromatic rings. The number of ether oxygens (including phenoxy) is 1. The van der Waals surface area contributed by atoms with Gasteiger partial charge >= 0.3 is 5.97 Å². The van der Waals surface area contributed by atoms with Gasteiger partial charge in [0.05, 0.1) is 17.7 Å². The lowest BCUT2D eigenvalue weighted by Crippen LogP contribution is -2.00. The van der Waals surface area contributed by atoms with Crippen molar-refractivity contribution in [3.8, 4) is 0 Å². The molecule has 2 aromatic carbocycles. The number of aliphatic imine (C=N–C) groups is 1. The Bertz CT molecular complexity index is 922. The molecule has 3 rings (SSSR count). The average molecular weight is 484 g/mol. The fourth-order valence-corrected chi connectivity index (χ4v) is 3.74. The maximum atomic E-state index is 12.2. The summed E-state index contributed by atoms with van der Waals surface area (Å²) in [6.07, 6.45) is 1.69. The van der Waals surface area contributed by atoms with Gasteiger partial charge in [-0.05, 0) is 76.3 Å². The third-order valence-corrected chi connectivity index (χ3v) is 5.31. The number of methoxy groups -OCH3 is 1. The second kappa shape index (κ2) is 7.72. The molecular formula is C18H11ClINO3S. The van der Waals surface area contributed by atoms with Gasteiger partial charge in [0.2, 0.25) is 5.12 Å². The highest BCUT2D eigenvalue weighted by Gasteiger charge is 2.24. The van der Waals surface area contributed by atoms with Crippen LogP contribution in [-0.2, 0) is 9.53 Å². The average Bonchev–Trinajstić information content (AvgIpc) is 2.97. The first kappa shape index (κ1) is 18.2. The van der Waals surface area contributed by atoms with E-state index in [0.717, 1.165) is 26.5 Å². The fourth-order valence-electron chi connectivity index (χ4n) is 2.18. The lowest BCUT2D eigenvalue weighted by atomic mass is 10.1. The molecule has 1 aliphatic heterocycles. The first-order valence-electron chi connectivity index (χ1n) is 7.14. The van der Waals surface area contributed by atoms with Crippen LogP contribution < -0.4 is 0 Å². The van der Waals surface area contributed by atoms with Crippen LogP contribution >= 0.6 is 46.0 Å². The van der Waals surface area contributed by atoms with Crippen molar-refractivity contribution < 1.29 is 14.3 Å². The Morgan fingerprint density at radius 1 is 1.24 bits per heavy atom. The van der Waals surface area contributed by atoms with E-state index in [2.05, 4.69) is 32.3 Å². The number of hydrogen-bond donors (Lipinski definition) is 0. The minimum absolute atomic E-state index is 0.137. The SMILES string of the molecule is COC(=O)c1ccc(/C=C2\N=C(c3cc(I)ccc3Cl)SC2=O)cc1. The number of hydrogen-bond acceptors (Lipinski definition) is 5. The van der Waals surface area contributed by atoms with E-state index in [1.54, 1.807) is 36.4 Å². The molecule has 0 atom stereocenters. The molecule has 0 aromatic heterocycles. The molecule has 0 unspecified atom stereocenters. The second-order valence-electron chi connectivity index (χ2n) is 5.07. The third-order valence-electron chi connectivity index (χ3n) is 3.41. The highest BCUT2D eigenvalue weighted by Crippen LogP contribution is 2.32. The predicted octanol–water partition coefficient (Wildman–Crippen LogP) is 4.79. The maximum Gasteiger partial charge on any atom is 0.337 e. The molecule has 0 radical (unpaired) electrons. The molecular weight excluding hydrogens is 473 g/mol. The minimum atomic E-state index is -0.402. The Kier molecular flexibility index (Phi) is 5.61. The van der Waals surface area contributed by atoms with E-state index in [1.807, 2.05) is 12.1 Å². The Balaban J connectivity index is 1.90. The first-order valence-corrected chi connectivity index (χ1v) is 9.41. The number of thioether (sulfide) groups is 1. The van der Waals surface area contributed by atoms with Crippen molar-refractivity contribution in [2.24, 2.45) is 4.99 Å².